The molecule has 0 unspecified atom stereocenters. The van der Waals surface area contributed by atoms with Crippen LogP contribution in [0, 0.1) is 5.82 Å². The predicted molar refractivity (Wildman–Crippen MR) is 120 cm³/mol. The lowest BCUT2D eigenvalue weighted by molar-refractivity contribution is -0.113. The van der Waals surface area contributed by atoms with Gasteiger partial charge in [-0.15, -0.1) is 11.8 Å². The topological polar surface area (TPSA) is 76.7 Å². The van der Waals surface area contributed by atoms with E-state index >= 15 is 0 Å². The summed E-state index contributed by atoms with van der Waals surface area (Å²) in [5.74, 6) is 0.453. The number of thioether (sulfide) groups is 1. The summed E-state index contributed by atoms with van der Waals surface area (Å²) < 4.78 is 23.4. The third-order valence-corrected chi connectivity index (χ3v) is 5.28. The van der Waals surface area contributed by atoms with Gasteiger partial charge in [-0.25, -0.2) is 4.39 Å². The maximum Gasteiger partial charge on any atom is 0.255 e. The van der Waals surface area contributed by atoms with Crippen LogP contribution in [0.25, 0.3) is 0 Å². The second kappa shape index (κ2) is 10.5. The van der Waals surface area contributed by atoms with Gasteiger partial charge in [0.15, 0.2) is 0 Å². The molecule has 3 rings (SSSR count). The highest BCUT2D eigenvalue weighted by Crippen LogP contribution is 2.29. The number of carbonyl (C=O) groups excluding carboxylic acids is 2. The Kier molecular flexibility index (Phi) is 7.50. The molecule has 31 heavy (non-hydrogen) atoms. The third-order valence-electron chi connectivity index (χ3n) is 4.27. The van der Waals surface area contributed by atoms with Crippen molar-refractivity contribution < 1.29 is 23.5 Å². The molecule has 0 aliphatic rings. The van der Waals surface area contributed by atoms with Gasteiger partial charge in [0, 0.05) is 22.2 Å². The van der Waals surface area contributed by atoms with Crippen LogP contribution in [0.3, 0.4) is 0 Å². The van der Waals surface area contributed by atoms with Crippen molar-refractivity contribution >= 4 is 35.0 Å². The quantitative estimate of drug-likeness (QED) is 0.491. The largest absolute Gasteiger partial charge is 0.497 e. The summed E-state index contributed by atoms with van der Waals surface area (Å²) in [5.41, 5.74) is 1.53. The van der Waals surface area contributed by atoms with Crippen molar-refractivity contribution in [2.45, 2.75) is 4.90 Å². The lowest BCUT2D eigenvalue weighted by Gasteiger charge is -2.11. The number of halogens is 1. The van der Waals surface area contributed by atoms with Crippen LogP contribution in [0.4, 0.5) is 15.8 Å². The summed E-state index contributed by atoms with van der Waals surface area (Å²) in [4.78, 5) is 25.4. The normalized spacial score (nSPS) is 10.3. The van der Waals surface area contributed by atoms with Crippen LogP contribution < -0.4 is 20.1 Å². The molecule has 0 saturated heterocycles. The van der Waals surface area contributed by atoms with Crippen molar-refractivity contribution in [1.29, 1.82) is 0 Å². The molecule has 0 fully saturated rings. The van der Waals surface area contributed by atoms with Gasteiger partial charge in [0.2, 0.25) is 5.91 Å². The first-order chi connectivity index (χ1) is 15.0. The van der Waals surface area contributed by atoms with Crippen LogP contribution in [0.5, 0.6) is 11.5 Å². The molecule has 2 amide bonds. The first-order valence-electron chi connectivity index (χ1n) is 9.30. The maximum atomic E-state index is 13.0. The monoisotopic (exact) mass is 440 g/mol. The molecule has 0 bridgehead atoms. The maximum absolute atomic E-state index is 13.0. The minimum atomic E-state index is -0.396. The van der Waals surface area contributed by atoms with Crippen molar-refractivity contribution in [2.75, 3.05) is 30.6 Å². The number of benzene rings is 3. The van der Waals surface area contributed by atoms with E-state index in [2.05, 4.69) is 10.6 Å². The standard InChI is InChI=1S/C23H21FN2O4S/c1-29-18-9-12-20(21(13-18)30-2)26-22(27)14-31-19-10-7-17(8-11-19)25-23(28)15-3-5-16(24)6-4-15/h3-13H,14H2,1-2H3,(H,25,28)(H,26,27). The number of ether oxygens (including phenoxy) is 2. The molecule has 0 aromatic heterocycles. The van der Waals surface area contributed by atoms with Crippen molar-refractivity contribution in [3.8, 4) is 11.5 Å². The number of carbonyl (C=O) groups is 2. The molecule has 0 spiro atoms. The van der Waals surface area contributed by atoms with Gasteiger partial charge >= 0.3 is 0 Å². The fourth-order valence-electron chi connectivity index (χ4n) is 2.68. The van der Waals surface area contributed by atoms with E-state index in [-0.39, 0.29) is 17.6 Å². The van der Waals surface area contributed by atoms with Gasteiger partial charge in [0.1, 0.15) is 17.3 Å². The van der Waals surface area contributed by atoms with Gasteiger partial charge < -0.3 is 20.1 Å². The van der Waals surface area contributed by atoms with Gasteiger partial charge in [0.25, 0.3) is 5.91 Å². The summed E-state index contributed by atoms with van der Waals surface area (Å²) in [7, 11) is 3.08. The lowest BCUT2D eigenvalue weighted by atomic mass is 10.2. The van der Waals surface area contributed by atoms with Gasteiger partial charge in [-0.05, 0) is 60.7 Å². The molecule has 0 atom stereocenters. The highest BCUT2D eigenvalue weighted by atomic mass is 32.2. The van der Waals surface area contributed by atoms with Crippen molar-refractivity contribution in [3.63, 3.8) is 0 Å². The van der Waals surface area contributed by atoms with E-state index in [1.54, 1.807) is 37.4 Å². The Bertz CT molecular complexity index is 1060. The summed E-state index contributed by atoms with van der Waals surface area (Å²) >= 11 is 1.36. The molecular weight excluding hydrogens is 419 g/mol. The molecule has 0 heterocycles. The van der Waals surface area contributed by atoms with Crippen molar-refractivity contribution in [2.24, 2.45) is 0 Å². The minimum Gasteiger partial charge on any atom is -0.497 e. The summed E-state index contributed by atoms with van der Waals surface area (Å²) in [5, 5.41) is 5.57. The summed E-state index contributed by atoms with van der Waals surface area (Å²) in [6.07, 6.45) is 0. The minimum absolute atomic E-state index is 0.179. The number of hydrogen-bond acceptors (Lipinski definition) is 5. The number of amides is 2. The molecular formula is C23H21FN2O4S. The molecule has 0 radical (unpaired) electrons. The van der Waals surface area contributed by atoms with Gasteiger partial charge in [0.05, 0.1) is 25.7 Å². The number of rotatable bonds is 8. The smallest absolute Gasteiger partial charge is 0.255 e. The number of nitrogens with one attached hydrogen (secondary N) is 2. The third kappa shape index (κ3) is 6.23. The molecule has 8 heteroatoms. The molecule has 0 aliphatic heterocycles. The van der Waals surface area contributed by atoms with E-state index in [0.717, 1.165) is 4.90 Å². The second-order valence-electron chi connectivity index (χ2n) is 6.39. The average Bonchev–Trinajstić information content (AvgIpc) is 2.79. The Morgan fingerprint density at radius 3 is 2.26 bits per heavy atom. The highest BCUT2D eigenvalue weighted by molar-refractivity contribution is 8.00. The average molecular weight is 440 g/mol. The molecule has 0 saturated carbocycles. The van der Waals surface area contributed by atoms with E-state index in [4.69, 9.17) is 9.47 Å². The van der Waals surface area contributed by atoms with Crippen LogP contribution >= 0.6 is 11.8 Å². The van der Waals surface area contributed by atoms with Crippen molar-refractivity contribution in [1.82, 2.24) is 0 Å². The SMILES string of the molecule is COc1ccc(NC(=O)CSc2ccc(NC(=O)c3ccc(F)cc3)cc2)c(OC)c1. The summed E-state index contributed by atoms with van der Waals surface area (Å²) in [6.45, 7) is 0. The zero-order chi connectivity index (χ0) is 22.2. The Hall–Kier alpha value is -3.52. The number of methoxy groups -OCH3 is 2. The summed E-state index contributed by atoms with van der Waals surface area (Å²) in [6, 6.07) is 17.6. The zero-order valence-electron chi connectivity index (χ0n) is 17.0. The predicted octanol–water partition coefficient (Wildman–Crippen LogP) is 4.83. The van der Waals surface area contributed by atoms with Gasteiger partial charge in [-0.2, -0.15) is 0 Å². The molecule has 3 aromatic carbocycles. The van der Waals surface area contributed by atoms with Crippen LogP contribution in [-0.2, 0) is 4.79 Å². The van der Waals surface area contributed by atoms with Crippen LogP contribution in [0.15, 0.2) is 71.6 Å². The molecule has 2 N–H and O–H groups in total. The van der Waals surface area contributed by atoms with Gasteiger partial charge in [-0.1, -0.05) is 0 Å². The number of hydrogen-bond donors (Lipinski definition) is 2. The van der Waals surface area contributed by atoms with E-state index in [1.807, 2.05) is 12.1 Å². The Morgan fingerprint density at radius 2 is 1.61 bits per heavy atom. The van der Waals surface area contributed by atoms with E-state index in [1.165, 1.54) is 43.1 Å². The molecule has 160 valence electrons. The van der Waals surface area contributed by atoms with Crippen molar-refractivity contribution in [3.05, 3.63) is 78.1 Å². The fraction of sp³-hybridized carbons (Fsp3) is 0.130. The molecule has 3 aromatic rings. The van der Waals surface area contributed by atoms with E-state index in [0.29, 0.717) is 28.4 Å². The van der Waals surface area contributed by atoms with Crippen LogP contribution in [0.1, 0.15) is 10.4 Å². The Balaban J connectivity index is 1.52. The Morgan fingerprint density at radius 1 is 0.903 bits per heavy atom. The number of anilines is 2. The van der Waals surface area contributed by atoms with Crippen LogP contribution in [0.2, 0.25) is 0 Å². The molecule has 0 aliphatic carbocycles. The first kappa shape index (κ1) is 22.2. The van der Waals surface area contributed by atoms with Gasteiger partial charge in [-0.3, -0.25) is 9.59 Å². The van der Waals surface area contributed by atoms with E-state index in [9.17, 15) is 14.0 Å². The van der Waals surface area contributed by atoms with E-state index < -0.39 is 5.82 Å². The second-order valence-corrected chi connectivity index (χ2v) is 7.44. The highest BCUT2D eigenvalue weighted by Gasteiger charge is 2.10. The zero-order valence-corrected chi connectivity index (χ0v) is 17.8. The fourth-order valence-corrected chi connectivity index (χ4v) is 3.37. The molecule has 6 nitrogen and oxygen atoms in total. The Labute approximate surface area is 183 Å². The first-order valence-corrected chi connectivity index (χ1v) is 10.3. The lowest BCUT2D eigenvalue weighted by Crippen LogP contribution is -2.14. The van der Waals surface area contributed by atoms with Crippen LogP contribution in [-0.4, -0.2) is 31.8 Å².